The van der Waals surface area contributed by atoms with E-state index in [-0.39, 0.29) is 24.0 Å². The van der Waals surface area contributed by atoms with Gasteiger partial charge >= 0.3 is 0 Å². The minimum absolute atomic E-state index is 0.0752. The summed E-state index contributed by atoms with van der Waals surface area (Å²) >= 11 is 0. The standard InChI is InChI=1S/C22H22N4O3/c1-14-8-7-9-15(2)21(14)24-20(28)13-26-22(29)19(23-16(3)27)12-18(25-26)17-10-5-4-6-11-17/h4-12H,13H2,1-3H3,(H,23,27)(H,24,28). The quantitative estimate of drug-likeness (QED) is 0.700. The molecule has 7 nitrogen and oxygen atoms in total. The summed E-state index contributed by atoms with van der Waals surface area (Å²) in [6, 6.07) is 16.5. The first kappa shape index (κ1) is 20.0. The van der Waals surface area contributed by atoms with Gasteiger partial charge in [-0.05, 0) is 31.0 Å². The van der Waals surface area contributed by atoms with Crippen molar-refractivity contribution >= 4 is 23.2 Å². The van der Waals surface area contributed by atoms with Crippen LogP contribution in [0.3, 0.4) is 0 Å². The zero-order chi connectivity index (χ0) is 21.0. The lowest BCUT2D eigenvalue weighted by molar-refractivity contribution is -0.117. The Hall–Kier alpha value is -3.74. The third kappa shape index (κ3) is 4.76. The van der Waals surface area contributed by atoms with Crippen molar-refractivity contribution in [3.05, 3.63) is 76.1 Å². The van der Waals surface area contributed by atoms with E-state index >= 15 is 0 Å². The highest BCUT2D eigenvalue weighted by Crippen LogP contribution is 2.20. The molecule has 2 N–H and O–H groups in total. The Labute approximate surface area is 168 Å². The topological polar surface area (TPSA) is 93.1 Å². The summed E-state index contributed by atoms with van der Waals surface area (Å²) in [5.74, 6) is -0.755. The Morgan fingerprint density at radius 2 is 1.62 bits per heavy atom. The molecule has 1 heterocycles. The molecule has 0 aliphatic heterocycles. The number of hydrogen-bond donors (Lipinski definition) is 2. The maximum absolute atomic E-state index is 12.7. The van der Waals surface area contributed by atoms with Crippen molar-refractivity contribution in [2.45, 2.75) is 27.3 Å². The van der Waals surface area contributed by atoms with E-state index in [1.807, 2.05) is 62.4 Å². The normalized spacial score (nSPS) is 10.4. The number of aromatic nitrogens is 2. The second-order valence-corrected chi connectivity index (χ2v) is 6.77. The summed E-state index contributed by atoms with van der Waals surface area (Å²) in [5, 5.41) is 9.70. The molecule has 3 rings (SSSR count). The molecule has 1 aromatic heterocycles. The second kappa shape index (κ2) is 8.52. The maximum atomic E-state index is 12.7. The van der Waals surface area contributed by atoms with Crippen molar-refractivity contribution in [3.63, 3.8) is 0 Å². The Kier molecular flexibility index (Phi) is 5.87. The SMILES string of the molecule is CC(=O)Nc1cc(-c2ccccc2)nn(CC(=O)Nc2c(C)cccc2C)c1=O. The van der Waals surface area contributed by atoms with E-state index in [1.165, 1.54) is 13.0 Å². The van der Waals surface area contributed by atoms with Crippen LogP contribution in [0, 0.1) is 13.8 Å². The fourth-order valence-corrected chi connectivity index (χ4v) is 3.00. The highest BCUT2D eigenvalue weighted by Gasteiger charge is 2.15. The molecule has 0 radical (unpaired) electrons. The van der Waals surface area contributed by atoms with Crippen molar-refractivity contribution in [1.29, 1.82) is 0 Å². The van der Waals surface area contributed by atoms with E-state index in [2.05, 4.69) is 15.7 Å². The van der Waals surface area contributed by atoms with Crippen LogP contribution in [0.5, 0.6) is 0 Å². The third-order valence-corrected chi connectivity index (χ3v) is 4.39. The number of amides is 2. The number of nitrogens with one attached hydrogen (secondary N) is 2. The van der Waals surface area contributed by atoms with E-state index in [0.29, 0.717) is 11.4 Å². The largest absolute Gasteiger partial charge is 0.324 e. The minimum Gasteiger partial charge on any atom is -0.324 e. The molecule has 0 saturated heterocycles. The number of benzene rings is 2. The van der Waals surface area contributed by atoms with Crippen LogP contribution in [0.25, 0.3) is 11.3 Å². The summed E-state index contributed by atoms with van der Waals surface area (Å²) in [6.45, 7) is 4.84. The number of carbonyl (C=O) groups is 2. The summed E-state index contributed by atoms with van der Waals surface area (Å²) in [6.07, 6.45) is 0. The summed E-state index contributed by atoms with van der Waals surface area (Å²) in [7, 11) is 0. The minimum atomic E-state index is -0.545. The van der Waals surface area contributed by atoms with Gasteiger partial charge in [0.1, 0.15) is 12.2 Å². The fraction of sp³-hybridized carbons (Fsp3) is 0.182. The van der Waals surface area contributed by atoms with Gasteiger partial charge in [-0.25, -0.2) is 4.68 Å². The lowest BCUT2D eigenvalue weighted by Gasteiger charge is -2.13. The molecular weight excluding hydrogens is 368 g/mol. The van der Waals surface area contributed by atoms with Gasteiger partial charge in [0, 0.05) is 18.2 Å². The number of hydrogen-bond acceptors (Lipinski definition) is 4. The molecule has 0 aliphatic rings. The predicted molar refractivity (Wildman–Crippen MR) is 113 cm³/mol. The van der Waals surface area contributed by atoms with Gasteiger partial charge in [-0.2, -0.15) is 5.10 Å². The monoisotopic (exact) mass is 390 g/mol. The van der Waals surface area contributed by atoms with Crippen molar-refractivity contribution in [2.24, 2.45) is 0 Å². The summed E-state index contributed by atoms with van der Waals surface area (Å²) in [4.78, 5) is 36.8. The van der Waals surface area contributed by atoms with Crippen molar-refractivity contribution < 1.29 is 9.59 Å². The van der Waals surface area contributed by atoms with Crippen molar-refractivity contribution in [2.75, 3.05) is 10.6 Å². The van der Waals surface area contributed by atoms with Crippen LogP contribution < -0.4 is 16.2 Å². The first-order valence-corrected chi connectivity index (χ1v) is 9.16. The Bertz CT molecular complexity index is 1100. The number of para-hydroxylation sites is 1. The highest BCUT2D eigenvalue weighted by atomic mass is 16.2. The van der Waals surface area contributed by atoms with E-state index < -0.39 is 5.56 Å². The molecular formula is C22H22N4O3. The van der Waals surface area contributed by atoms with Crippen LogP contribution >= 0.6 is 0 Å². The van der Waals surface area contributed by atoms with Crippen molar-refractivity contribution in [1.82, 2.24) is 9.78 Å². The summed E-state index contributed by atoms with van der Waals surface area (Å²) in [5.41, 5.74) is 3.35. The maximum Gasteiger partial charge on any atom is 0.291 e. The van der Waals surface area contributed by atoms with Gasteiger partial charge in [-0.15, -0.1) is 0 Å². The Morgan fingerprint density at radius 3 is 2.24 bits per heavy atom. The average Bonchev–Trinajstić information content (AvgIpc) is 2.68. The molecule has 0 aliphatic carbocycles. The van der Waals surface area contributed by atoms with Crippen LogP contribution in [0.15, 0.2) is 59.4 Å². The zero-order valence-corrected chi connectivity index (χ0v) is 16.5. The number of carbonyl (C=O) groups excluding carboxylic acids is 2. The molecule has 0 unspecified atom stereocenters. The van der Waals surface area contributed by atoms with E-state index in [1.54, 1.807) is 0 Å². The fourth-order valence-electron chi connectivity index (χ4n) is 3.00. The predicted octanol–water partition coefficient (Wildman–Crippen LogP) is 3.12. The van der Waals surface area contributed by atoms with E-state index in [4.69, 9.17) is 0 Å². The molecule has 0 atom stereocenters. The zero-order valence-electron chi connectivity index (χ0n) is 16.5. The van der Waals surface area contributed by atoms with Gasteiger partial charge in [-0.1, -0.05) is 48.5 Å². The Balaban J connectivity index is 1.96. The van der Waals surface area contributed by atoms with Crippen LogP contribution in [-0.2, 0) is 16.1 Å². The average molecular weight is 390 g/mol. The van der Waals surface area contributed by atoms with Gasteiger partial charge in [0.2, 0.25) is 11.8 Å². The van der Waals surface area contributed by atoms with Gasteiger partial charge in [0.05, 0.1) is 5.69 Å². The molecule has 2 aromatic carbocycles. The van der Waals surface area contributed by atoms with Gasteiger partial charge in [0.25, 0.3) is 5.56 Å². The van der Waals surface area contributed by atoms with Crippen LogP contribution in [-0.4, -0.2) is 21.6 Å². The Morgan fingerprint density at radius 1 is 0.966 bits per heavy atom. The first-order valence-electron chi connectivity index (χ1n) is 9.16. The van der Waals surface area contributed by atoms with Gasteiger partial charge in [0.15, 0.2) is 0 Å². The van der Waals surface area contributed by atoms with Crippen LogP contribution in [0.4, 0.5) is 11.4 Å². The van der Waals surface area contributed by atoms with E-state index in [9.17, 15) is 14.4 Å². The smallest absolute Gasteiger partial charge is 0.291 e. The third-order valence-electron chi connectivity index (χ3n) is 4.39. The first-order chi connectivity index (χ1) is 13.8. The number of rotatable bonds is 5. The van der Waals surface area contributed by atoms with Gasteiger partial charge in [-0.3, -0.25) is 14.4 Å². The van der Waals surface area contributed by atoms with Gasteiger partial charge < -0.3 is 10.6 Å². The molecule has 148 valence electrons. The second-order valence-electron chi connectivity index (χ2n) is 6.77. The molecule has 0 bridgehead atoms. The number of aryl methyl sites for hydroxylation is 2. The summed E-state index contributed by atoms with van der Waals surface area (Å²) < 4.78 is 1.07. The molecule has 0 spiro atoms. The molecule has 7 heteroatoms. The molecule has 0 saturated carbocycles. The lowest BCUT2D eigenvalue weighted by Crippen LogP contribution is -2.32. The number of nitrogens with zero attached hydrogens (tertiary/aromatic N) is 2. The number of anilines is 2. The lowest BCUT2D eigenvalue weighted by atomic mass is 10.1. The molecule has 0 fully saturated rings. The van der Waals surface area contributed by atoms with E-state index in [0.717, 1.165) is 21.4 Å². The van der Waals surface area contributed by atoms with Crippen LogP contribution in [0.1, 0.15) is 18.1 Å². The molecule has 3 aromatic rings. The van der Waals surface area contributed by atoms with Crippen molar-refractivity contribution in [3.8, 4) is 11.3 Å². The molecule has 2 amide bonds. The molecule has 29 heavy (non-hydrogen) atoms. The van der Waals surface area contributed by atoms with Crippen LogP contribution in [0.2, 0.25) is 0 Å². The highest BCUT2D eigenvalue weighted by molar-refractivity contribution is 5.92.